The summed E-state index contributed by atoms with van der Waals surface area (Å²) < 4.78 is 27.7. The Labute approximate surface area is 179 Å². The lowest BCUT2D eigenvalue weighted by atomic mass is 10.2. The first-order valence-electron chi connectivity index (χ1n) is 8.55. The number of amides is 1. The summed E-state index contributed by atoms with van der Waals surface area (Å²) in [4.78, 5) is 28.1. The number of nitro benzene ring substituents is 1. The standard InChI is InChI=1S/C19H13N3O5S3/c23-18(21-30(26,27)11-12-5-7-13(8-6-12)22(24)25)16-9-10-17(28-16)19-20-14-3-1-2-4-15(14)29-19/h1-10H,11H2,(H,21,23). The molecular weight excluding hydrogens is 446 g/mol. The van der Waals surface area contributed by atoms with Crippen LogP contribution in [0, 0.1) is 10.1 Å². The lowest BCUT2D eigenvalue weighted by Gasteiger charge is -2.05. The number of nitrogens with zero attached hydrogens (tertiary/aromatic N) is 2. The van der Waals surface area contributed by atoms with E-state index in [9.17, 15) is 23.3 Å². The summed E-state index contributed by atoms with van der Waals surface area (Å²) in [6, 6.07) is 16.1. The van der Waals surface area contributed by atoms with Gasteiger partial charge in [0.25, 0.3) is 11.6 Å². The van der Waals surface area contributed by atoms with Crippen LogP contribution in [-0.2, 0) is 15.8 Å². The van der Waals surface area contributed by atoms with Crippen LogP contribution >= 0.6 is 22.7 Å². The molecule has 1 N–H and O–H groups in total. The van der Waals surface area contributed by atoms with Crippen molar-refractivity contribution in [3.05, 3.63) is 81.2 Å². The number of para-hydroxylation sites is 1. The lowest BCUT2D eigenvalue weighted by molar-refractivity contribution is -0.384. The maximum atomic E-state index is 12.4. The Bertz CT molecular complexity index is 1320. The Morgan fingerprint density at radius 2 is 1.77 bits per heavy atom. The number of carbonyl (C=O) groups is 1. The predicted octanol–water partition coefficient (Wildman–Crippen LogP) is 4.19. The summed E-state index contributed by atoms with van der Waals surface area (Å²) in [6.45, 7) is 0. The number of aromatic nitrogens is 1. The molecule has 2 aromatic carbocycles. The minimum absolute atomic E-state index is 0.138. The average Bonchev–Trinajstić information content (AvgIpc) is 3.34. The van der Waals surface area contributed by atoms with Crippen molar-refractivity contribution < 1.29 is 18.1 Å². The summed E-state index contributed by atoms with van der Waals surface area (Å²) >= 11 is 2.65. The number of benzene rings is 2. The van der Waals surface area contributed by atoms with Gasteiger partial charge in [0.05, 0.1) is 30.6 Å². The molecular formula is C19H13N3O5S3. The number of nitro groups is 1. The highest BCUT2D eigenvalue weighted by Crippen LogP contribution is 2.34. The van der Waals surface area contributed by atoms with E-state index in [2.05, 4.69) is 4.98 Å². The molecule has 2 heterocycles. The van der Waals surface area contributed by atoms with Gasteiger partial charge in [-0.05, 0) is 29.8 Å². The highest BCUT2D eigenvalue weighted by molar-refractivity contribution is 7.89. The van der Waals surface area contributed by atoms with Gasteiger partial charge in [0.15, 0.2) is 0 Å². The van der Waals surface area contributed by atoms with Gasteiger partial charge in [-0.15, -0.1) is 22.7 Å². The van der Waals surface area contributed by atoms with Gasteiger partial charge in [-0.25, -0.2) is 18.1 Å². The summed E-state index contributed by atoms with van der Waals surface area (Å²) in [5, 5.41) is 11.4. The second kappa shape index (κ2) is 7.94. The summed E-state index contributed by atoms with van der Waals surface area (Å²) in [7, 11) is -3.97. The van der Waals surface area contributed by atoms with Crippen molar-refractivity contribution in [1.82, 2.24) is 9.71 Å². The number of nitrogens with one attached hydrogen (secondary N) is 1. The summed E-state index contributed by atoms with van der Waals surface area (Å²) in [5.74, 6) is -1.19. The number of thiophene rings is 1. The van der Waals surface area contributed by atoms with Crippen molar-refractivity contribution in [3.8, 4) is 9.88 Å². The van der Waals surface area contributed by atoms with Gasteiger partial charge in [-0.3, -0.25) is 14.9 Å². The van der Waals surface area contributed by atoms with Crippen LogP contribution < -0.4 is 4.72 Å². The molecule has 30 heavy (non-hydrogen) atoms. The molecule has 11 heteroatoms. The topological polar surface area (TPSA) is 119 Å². The van der Waals surface area contributed by atoms with Crippen LogP contribution in [0.4, 0.5) is 5.69 Å². The Hall–Kier alpha value is -3.15. The molecule has 0 saturated carbocycles. The SMILES string of the molecule is O=C(NS(=O)(=O)Cc1ccc([N+](=O)[O-])cc1)c1ccc(-c2nc3ccccc3s2)s1. The Morgan fingerprint density at radius 3 is 2.47 bits per heavy atom. The van der Waals surface area contributed by atoms with Crippen LogP contribution in [-0.4, -0.2) is 24.2 Å². The smallest absolute Gasteiger partial charge is 0.267 e. The molecule has 0 radical (unpaired) electrons. The number of hydrogen-bond acceptors (Lipinski definition) is 8. The zero-order valence-corrected chi connectivity index (χ0v) is 17.6. The highest BCUT2D eigenvalue weighted by Gasteiger charge is 2.20. The second-order valence-electron chi connectivity index (χ2n) is 6.26. The summed E-state index contributed by atoms with van der Waals surface area (Å²) in [6.07, 6.45) is 0. The van der Waals surface area contributed by atoms with E-state index >= 15 is 0 Å². The molecule has 0 saturated heterocycles. The third-order valence-electron chi connectivity index (χ3n) is 4.09. The molecule has 0 spiro atoms. The Morgan fingerprint density at radius 1 is 1.03 bits per heavy atom. The highest BCUT2D eigenvalue weighted by atomic mass is 32.2. The zero-order chi connectivity index (χ0) is 21.3. The van der Waals surface area contributed by atoms with Gasteiger partial charge < -0.3 is 0 Å². The first-order valence-corrected chi connectivity index (χ1v) is 11.8. The minimum atomic E-state index is -3.97. The molecule has 0 aliphatic carbocycles. The van der Waals surface area contributed by atoms with Gasteiger partial charge >= 0.3 is 0 Å². The van der Waals surface area contributed by atoms with Crippen LogP contribution in [0.3, 0.4) is 0 Å². The van der Waals surface area contributed by atoms with Crippen molar-refractivity contribution in [2.45, 2.75) is 5.75 Å². The van der Waals surface area contributed by atoms with Gasteiger partial charge in [-0.2, -0.15) is 0 Å². The fraction of sp³-hybridized carbons (Fsp3) is 0.0526. The van der Waals surface area contributed by atoms with Crippen molar-refractivity contribution in [3.63, 3.8) is 0 Å². The molecule has 0 aliphatic heterocycles. The molecule has 1 amide bonds. The molecule has 8 nitrogen and oxygen atoms in total. The molecule has 4 aromatic rings. The molecule has 0 aliphatic rings. The molecule has 0 fully saturated rings. The van der Waals surface area contributed by atoms with Crippen molar-refractivity contribution >= 4 is 54.5 Å². The van der Waals surface area contributed by atoms with E-state index in [4.69, 9.17) is 0 Å². The number of carbonyl (C=O) groups excluding carboxylic acids is 1. The van der Waals surface area contributed by atoms with Crippen LogP contribution in [0.15, 0.2) is 60.7 Å². The number of non-ortho nitro benzene ring substituents is 1. The van der Waals surface area contributed by atoms with Gasteiger partial charge in [-0.1, -0.05) is 24.3 Å². The monoisotopic (exact) mass is 459 g/mol. The maximum Gasteiger partial charge on any atom is 0.274 e. The molecule has 152 valence electrons. The van der Waals surface area contributed by atoms with Crippen molar-refractivity contribution in [1.29, 1.82) is 0 Å². The van der Waals surface area contributed by atoms with Crippen LogP contribution in [0.1, 0.15) is 15.2 Å². The van der Waals surface area contributed by atoms with Gasteiger partial charge in [0.1, 0.15) is 5.01 Å². The van der Waals surface area contributed by atoms with E-state index in [-0.39, 0.29) is 10.6 Å². The largest absolute Gasteiger partial charge is 0.274 e. The average molecular weight is 460 g/mol. The van der Waals surface area contributed by atoms with Crippen molar-refractivity contribution in [2.75, 3.05) is 0 Å². The molecule has 0 bridgehead atoms. The van der Waals surface area contributed by atoms with E-state index in [0.717, 1.165) is 31.4 Å². The lowest BCUT2D eigenvalue weighted by Crippen LogP contribution is -2.31. The number of sulfonamides is 1. The van der Waals surface area contributed by atoms with Gasteiger partial charge in [0.2, 0.25) is 10.0 Å². The summed E-state index contributed by atoms with van der Waals surface area (Å²) in [5.41, 5.74) is 1.06. The van der Waals surface area contributed by atoms with Gasteiger partial charge in [0, 0.05) is 12.1 Å². The van der Waals surface area contributed by atoms with E-state index in [1.54, 1.807) is 12.1 Å². The molecule has 0 atom stereocenters. The Kier molecular flexibility index (Phi) is 5.33. The van der Waals surface area contributed by atoms with Crippen LogP contribution in [0.5, 0.6) is 0 Å². The number of fused-ring (bicyclic) bond motifs is 1. The van der Waals surface area contributed by atoms with E-state index in [1.165, 1.54) is 35.6 Å². The molecule has 2 aromatic heterocycles. The fourth-order valence-corrected chi connectivity index (χ4v) is 5.80. The minimum Gasteiger partial charge on any atom is -0.267 e. The number of thiazole rings is 1. The zero-order valence-electron chi connectivity index (χ0n) is 15.1. The van der Waals surface area contributed by atoms with Crippen LogP contribution in [0.25, 0.3) is 20.1 Å². The fourth-order valence-electron chi connectivity index (χ4n) is 2.71. The first-order chi connectivity index (χ1) is 14.3. The Balaban J connectivity index is 1.47. The molecule has 4 rings (SSSR count). The first kappa shape index (κ1) is 20.1. The van der Waals surface area contributed by atoms with E-state index in [0.29, 0.717) is 5.56 Å². The number of hydrogen-bond donors (Lipinski definition) is 1. The quantitative estimate of drug-likeness (QED) is 0.341. The van der Waals surface area contributed by atoms with E-state index < -0.39 is 26.6 Å². The second-order valence-corrected chi connectivity index (χ2v) is 10.1. The van der Waals surface area contributed by atoms with Crippen molar-refractivity contribution in [2.24, 2.45) is 0 Å². The van der Waals surface area contributed by atoms with E-state index in [1.807, 2.05) is 29.0 Å². The number of rotatable bonds is 6. The predicted molar refractivity (Wildman–Crippen MR) is 116 cm³/mol. The third kappa shape index (κ3) is 4.37. The van der Waals surface area contributed by atoms with Crippen LogP contribution in [0.2, 0.25) is 0 Å². The third-order valence-corrected chi connectivity index (χ3v) is 7.59. The maximum absolute atomic E-state index is 12.4. The normalized spacial score (nSPS) is 11.5. The molecule has 0 unspecified atom stereocenters.